The van der Waals surface area contributed by atoms with Gasteiger partial charge in [0.05, 0.1) is 18.9 Å². The maximum absolute atomic E-state index is 12.8. The number of nitrogens with one attached hydrogen (secondary N) is 1. The van der Waals surface area contributed by atoms with E-state index in [1.807, 2.05) is 0 Å². The molecule has 26 heavy (non-hydrogen) atoms. The summed E-state index contributed by atoms with van der Waals surface area (Å²) in [5.74, 6) is -0.387. The molecule has 1 heterocycles. The average molecular weight is 486 g/mol. The molecule has 2 bridgehead atoms. The van der Waals surface area contributed by atoms with Crippen molar-refractivity contribution in [3.63, 3.8) is 0 Å². The van der Waals surface area contributed by atoms with Crippen LogP contribution in [0, 0.1) is 23.7 Å². The second-order valence-corrected chi connectivity index (χ2v) is 9.16. The molecular formula is C18H18Br2N2O4. The van der Waals surface area contributed by atoms with Crippen molar-refractivity contribution in [2.75, 3.05) is 19.0 Å². The van der Waals surface area contributed by atoms with Crippen LogP contribution in [-0.4, -0.2) is 45.9 Å². The molecule has 1 N–H and O–H groups in total. The third-order valence-corrected chi connectivity index (χ3v) is 8.96. The molecule has 6 atom stereocenters. The number of alkyl halides is 2. The third-order valence-electron chi connectivity index (χ3n) is 5.75. The number of likely N-dealkylation sites (tertiary alicyclic amines) is 1. The number of carbonyl (C=O) groups is 3. The predicted octanol–water partition coefficient (Wildman–Crippen LogP) is 2.41. The molecule has 0 unspecified atom stereocenters. The predicted molar refractivity (Wildman–Crippen MR) is 102 cm³/mol. The van der Waals surface area contributed by atoms with Crippen LogP contribution >= 0.6 is 31.9 Å². The van der Waals surface area contributed by atoms with Gasteiger partial charge in [-0.2, -0.15) is 0 Å². The van der Waals surface area contributed by atoms with E-state index in [2.05, 4.69) is 37.2 Å². The number of nitrogens with zero attached hydrogens (tertiary/aromatic N) is 1. The molecule has 3 fully saturated rings. The van der Waals surface area contributed by atoms with Gasteiger partial charge in [-0.05, 0) is 42.5 Å². The molecule has 3 amide bonds. The number of methoxy groups -OCH3 is 1. The van der Waals surface area contributed by atoms with Gasteiger partial charge in [-0.15, -0.1) is 0 Å². The Bertz CT molecular complexity index is 737. The van der Waals surface area contributed by atoms with Gasteiger partial charge < -0.3 is 10.1 Å². The lowest BCUT2D eigenvalue weighted by Crippen LogP contribution is -2.39. The standard InChI is InChI=1S/C18H18Br2N2O4/c1-26-9-4-2-8(3-5-9)21-12(23)7-22-17(24)13-10-6-11(14(13)18(22)25)16(20)15(10)19/h2-5,10-11,13-16H,6-7H2,1H3,(H,21,23)/t10-,11-,13-,14-,15+,16+/m1/s1. The lowest BCUT2D eigenvalue weighted by Gasteiger charge is -2.28. The number of halogens is 2. The average Bonchev–Trinajstić information content (AvgIpc) is 3.23. The Hall–Kier alpha value is -1.41. The second-order valence-electron chi connectivity index (χ2n) is 7.04. The molecular weight excluding hydrogens is 468 g/mol. The van der Waals surface area contributed by atoms with Gasteiger partial charge in [-0.1, -0.05) is 31.9 Å². The number of carbonyl (C=O) groups excluding carboxylic acids is 3. The highest BCUT2D eigenvalue weighted by Crippen LogP contribution is 2.60. The number of hydrogen-bond acceptors (Lipinski definition) is 4. The monoisotopic (exact) mass is 484 g/mol. The van der Waals surface area contributed by atoms with Crippen LogP contribution in [0.25, 0.3) is 0 Å². The smallest absolute Gasteiger partial charge is 0.244 e. The maximum atomic E-state index is 12.8. The third kappa shape index (κ3) is 2.69. The number of imide groups is 1. The number of hydrogen-bond donors (Lipinski definition) is 1. The normalized spacial score (nSPS) is 35.0. The highest BCUT2D eigenvalue weighted by molar-refractivity contribution is 9.12. The SMILES string of the molecule is COc1ccc(NC(=O)CN2C(=O)[C@@H]3[C@H]4C[C@@H]([C@H](Br)[C@H]4Br)[C@H]3C2=O)cc1. The van der Waals surface area contributed by atoms with Gasteiger partial charge in [0.2, 0.25) is 17.7 Å². The molecule has 0 spiro atoms. The first-order valence-electron chi connectivity index (χ1n) is 8.49. The van der Waals surface area contributed by atoms with Gasteiger partial charge in [0, 0.05) is 15.3 Å². The van der Waals surface area contributed by atoms with Crippen LogP contribution in [0.2, 0.25) is 0 Å². The molecule has 2 aliphatic carbocycles. The van der Waals surface area contributed by atoms with E-state index in [1.54, 1.807) is 31.4 Å². The van der Waals surface area contributed by atoms with Crippen molar-refractivity contribution in [3.8, 4) is 5.75 Å². The van der Waals surface area contributed by atoms with Gasteiger partial charge in [0.15, 0.2) is 0 Å². The zero-order valence-corrected chi connectivity index (χ0v) is 17.2. The van der Waals surface area contributed by atoms with Crippen molar-refractivity contribution < 1.29 is 19.1 Å². The molecule has 3 aliphatic rings. The van der Waals surface area contributed by atoms with Crippen LogP contribution in [-0.2, 0) is 14.4 Å². The van der Waals surface area contributed by atoms with Crippen LogP contribution in [0.15, 0.2) is 24.3 Å². The van der Waals surface area contributed by atoms with E-state index in [0.29, 0.717) is 11.4 Å². The lowest BCUT2D eigenvalue weighted by molar-refractivity contribution is -0.143. The van der Waals surface area contributed by atoms with Crippen molar-refractivity contribution in [2.24, 2.45) is 23.7 Å². The van der Waals surface area contributed by atoms with E-state index in [4.69, 9.17) is 4.74 Å². The van der Waals surface area contributed by atoms with Crippen LogP contribution < -0.4 is 10.1 Å². The van der Waals surface area contributed by atoms with E-state index >= 15 is 0 Å². The first-order valence-corrected chi connectivity index (χ1v) is 10.3. The summed E-state index contributed by atoms with van der Waals surface area (Å²) in [4.78, 5) is 39.4. The summed E-state index contributed by atoms with van der Waals surface area (Å²) < 4.78 is 5.08. The number of rotatable bonds is 4. The molecule has 4 rings (SSSR count). The molecule has 138 valence electrons. The van der Waals surface area contributed by atoms with Crippen LogP contribution in [0.3, 0.4) is 0 Å². The largest absolute Gasteiger partial charge is 0.497 e. The van der Waals surface area contributed by atoms with Gasteiger partial charge in [-0.3, -0.25) is 19.3 Å². The van der Waals surface area contributed by atoms with Gasteiger partial charge in [0.1, 0.15) is 12.3 Å². The summed E-state index contributed by atoms with van der Waals surface area (Å²) in [7, 11) is 1.57. The minimum Gasteiger partial charge on any atom is -0.497 e. The molecule has 2 saturated carbocycles. The van der Waals surface area contributed by atoms with Crippen molar-refractivity contribution in [2.45, 2.75) is 16.1 Å². The zero-order chi connectivity index (χ0) is 18.6. The summed E-state index contributed by atoms with van der Waals surface area (Å²) in [6, 6.07) is 6.89. The van der Waals surface area contributed by atoms with E-state index in [-0.39, 0.29) is 57.6 Å². The highest BCUT2D eigenvalue weighted by atomic mass is 79.9. The fourth-order valence-corrected chi connectivity index (χ4v) is 6.46. The molecule has 6 nitrogen and oxygen atoms in total. The van der Waals surface area contributed by atoms with E-state index in [0.717, 1.165) is 11.3 Å². The molecule has 0 aromatic heterocycles. The van der Waals surface area contributed by atoms with Crippen molar-refractivity contribution in [1.82, 2.24) is 4.90 Å². The molecule has 1 aromatic carbocycles. The summed E-state index contributed by atoms with van der Waals surface area (Å²) in [6.45, 7) is -0.240. The Morgan fingerprint density at radius 2 is 1.65 bits per heavy atom. The van der Waals surface area contributed by atoms with Crippen molar-refractivity contribution >= 4 is 55.3 Å². The minimum absolute atomic E-state index is 0.153. The Morgan fingerprint density at radius 3 is 2.15 bits per heavy atom. The molecule has 1 saturated heterocycles. The van der Waals surface area contributed by atoms with Crippen LogP contribution in [0.4, 0.5) is 5.69 Å². The number of ether oxygens (including phenoxy) is 1. The molecule has 0 radical (unpaired) electrons. The second kappa shape index (κ2) is 6.64. The number of anilines is 1. The Labute approximate surface area is 167 Å². The topological polar surface area (TPSA) is 75.7 Å². The van der Waals surface area contributed by atoms with Crippen molar-refractivity contribution in [3.05, 3.63) is 24.3 Å². The van der Waals surface area contributed by atoms with E-state index in [9.17, 15) is 14.4 Å². The Kier molecular flexibility index (Phi) is 4.59. The van der Waals surface area contributed by atoms with Gasteiger partial charge in [0.25, 0.3) is 0 Å². The first kappa shape index (κ1) is 18.0. The number of fused-ring (bicyclic) bond motifs is 5. The summed E-state index contributed by atoms with van der Waals surface area (Å²) >= 11 is 7.31. The first-order chi connectivity index (χ1) is 12.4. The minimum atomic E-state index is -0.380. The quantitative estimate of drug-likeness (QED) is 0.525. The maximum Gasteiger partial charge on any atom is 0.244 e. The lowest BCUT2D eigenvalue weighted by atomic mass is 9.81. The summed E-state index contributed by atoms with van der Waals surface area (Å²) in [5.41, 5.74) is 0.594. The van der Waals surface area contributed by atoms with Gasteiger partial charge >= 0.3 is 0 Å². The highest BCUT2D eigenvalue weighted by Gasteiger charge is 2.66. The van der Waals surface area contributed by atoms with Gasteiger partial charge in [-0.25, -0.2) is 0 Å². The summed E-state index contributed by atoms with van der Waals surface area (Å²) in [6.07, 6.45) is 0.879. The fourth-order valence-electron chi connectivity index (χ4n) is 4.58. The van der Waals surface area contributed by atoms with Crippen molar-refractivity contribution in [1.29, 1.82) is 0 Å². The molecule has 1 aliphatic heterocycles. The Balaban J connectivity index is 1.45. The van der Waals surface area contributed by atoms with Crippen LogP contribution in [0.5, 0.6) is 5.75 Å². The Morgan fingerprint density at radius 1 is 1.12 bits per heavy atom. The molecule has 1 aromatic rings. The van der Waals surface area contributed by atoms with Crippen LogP contribution in [0.1, 0.15) is 6.42 Å². The van der Waals surface area contributed by atoms with E-state index < -0.39 is 0 Å². The van der Waals surface area contributed by atoms with E-state index in [1.165, 1.54) is 0 Å². The number of amides is 3. The molecule has 8 heteroatoms. The fraction of sp³-hybridized carbons (Fsp3) is 0.500. The number of benzene rings is 1. The zero-order valence-electron chi connectivity index (χ0n) is 14.0. The summed E-state index contributed by atoms with van der Waals surface area (Å²) in [5, 5.41) is 2.72.